The number of likely N-dealkylation sites (tertiary alicyclic amines) is 1. The largest absolute Gasteiger partial charge is 0.341 e. The zero-order valence-corrected chi connectivity index (χ0v) is 12.6. The van der Waals surface area contributed by atoms with Crippen molar-refractivity contribution >= 4 is 17.2 Å². The first-order chi connectivity index (χ1) is 9.20. The van der Waals surface area contributed by atoms with Gasteiger partial charge in [0, 0.05) is 30.6 Å². The molecule has 1 unspecified atom stereocenters. The molecule has 0 aliphatic carbocycles. The molecule has 1 atom stereocenters. The second-order valence-electron chi connectivity index (χ2n) is 5.11. The molecular weight excluding hydrogens is 258 g/mol. The first-order valence-electron chi connectivity index (χ1n) is 7.14. The summed E-state index contributed by atoms with van der Waals surface area (Å²) in [5.74, 6) is 0.271. The van der Waals surface area contributed by atoms with Gasteiger partial charge in [0.05, 0.1) is 11.0 Å². The molecule has 0 radical (unpaired) electrons. The molecule has 0 bridgehead atoms. The quantitative estimate of drug-likeness (QED) is 0.867. The predicted octanol–water partition coefficient (Wildman–Crippen LogP) is 1.98. The second kappa shape index (κ2) is 7.01. The van der Waals surface area contributed by atoms with E-state index < -0.39 is 0 Å². The van der Waals surface area contributed by atoms with Crippen LogP contribution in [0.5, 0.6) is 0 Å². The van der Waals surface area contributed by atoms with Crippen molar-refractivity contribution in [1.29, 1.82) is 0 Å². The van der Waals surface area contributed by atoms with Gasteiger partial charge in [-0.25, -0.2) is 4.98 Å². The lowest BCUT2D eigenvalue weighted by Crippen LogP contribution is -2.51. The van der Waals surface area contributed by atoms with Crippen molar-refractivity contribution in [3.05, 3.63) is 16.1 Å². The summed E-state index contributed by atoms with van der Waals surface area (Å²) in [7, 11) is 0. The first-order valence-corrected chi connectivity index (χ1v) is 8.02. The number of carbonyl (C=O) groups excluding carboxylic acids is 1. The fourth-order valence-corrected chi connectivity index (χ4v) is 3.18. The van der Waals surface area contributed by atoms with Crippen LogP contribution in [0.3, 0.4) is 0 Å². The van der Waals surface area contributed by atoms with Crippen LogP contribution in [0.1, 0.15) is 36.9 Å². The number of hydrogen-bond donors (Lipinski definition) is 1. The van der Waals surface area contributed by atoms with Gasteiger partial charge in [-0.1, -0.05) is 6.92 Å². The summed E-state index contributed by atoms with van der Waals surface area (Å²) in [6.45, 7) is 6.76. The number of hydrogen-bond acceptors (Lipinski definition) is 4. The standard InChI is InChI=1S/C14H23N3OS/c1-3-7-15-12-5-4-8-17(14(12)18)9-6-13-16-11(2)10-19-13/h10,12,15H,3-9H2,1-2H3. The molecule has 1 aromatic heterocycles. The average molecular weight is 281 g/mol. The van der Waals surface area contributed by atoms with E-state index in [4.69, 9.17) is 0 Å². The lowest BCUT2D eigenvalue weighted by atomic mass is 10.0. The number of rotatable bonds is 6. The average Bonchev–Trinajstić information content (AvgIpc) is 2.82. The maximum Gasteiger partial charge on any atom is 0.239 e. The highest BCUT2D eigenvalue weighted by molar-refractivity contribution is 7.09. The molecule has 19 heavy (non-hydrogen) atoms. The van der Waals surface area contributed by atoms with E-state index >= 15 is 0 Å². The molecule has 0 spiro atoms. The first kappa shape index (κ1) is 14.5. The Bertz CT molecular complexity index is 419. The molecule has 4 nitrogen and oxygen atoms in total. The van der Waals surface area contributed by atoms with Crippen LogP contribution in [0.15, 0.2) is 5.38 Å². The predicted molar refractivity (Wildman–Crippen MR) is 78.5 cm³/mol. The van der Waals surface area contributed by atoms with Gasteiger partial charge >= 0.3 is 0 Å². The highest BCUT2D eigenvalue weighted by Gasteiger charge is 2.27. The van der Waals surface area contributed by atoms with Gasteiger partial charge < -0.3 is 10.2 Å². The highest BCUT2D eigenvalue weighted by Crippen LogP contribution is 2.14. The van der Waals surface area contributed by atoms with Crippen molar-refractivity contribution in [2.75, 3.05) is 19.6 Å². The minimum absolute atomic E-state index is 0.0340. The van der Waals surface area contributed by atoms with Crippen LogP contribution in [0.25, 0.3) is 0 Å². The van der Waals surface area contributed by atoms with Crippen LogP contribution >= 0.6 is 11.3 Å². The lowest BCUT2D eigenvalue weighted by Gasteiger charge is -2.32. The molecule has 2 heterocycles. The number of aromatic nitrogens is 1. The van der Waals surface area contributed by atoms with Gasteiger partial charge in [-0.3, -0.25) is 4.79 Å². The van der Waals surface area contributed by atoms with Crippen molar-refractivity contribution in [1.82, 2.24) is 15.2 Å². The van der Waals surface area contributed by atoms with E-state index in [0.29, 0.717) is 0 Å². The van der Waals surface area contributed by atoms with Gasteiger partial charge in [0.1, 0.15) is 0 Å². The molecule has 0 aromatic carbocycles. The molecule has 2 rings (SSSR count). The van der Waals surface area contributed by atoms with Crippen LogP contribution in [-0.2, 0) is 11.2 Å². The van der Waals surface area contributed by atoms with Gasteiger partial charge in [-0.15, -0.1) is 11.3 Å². The summed E-state index contributed by atoms with van der Waals surface area (Å²) in [6, 6.07) is 0.0340. The van der Waals surface area contributed by atoms with Gasteiger partial charge in [0.15, 0.2) is 0 Å². The van der Waals surface area contributed by atoms with Crippen LogP contribution in [0.4, 0.5) is 0 Å². The molecule has 106 valence electrons. The highest BCUT2D eigenvalue weighted by atomic mass is 32.1. The molecule has 5 heteroatoms. The van der Waals surface area contributed by atoms with Crippen molar-refractivity contribution in [2.45, 2.75) is 45.6 Å². The second-order valence-corrected chi connectivity index (χ2v) is 6.05. The Labute approximate surface area is 119 Å². The molecule has 1 N–H and O–H groups in total. The van der Waals surface area contributed by atoms with Crippen LogP contribution in [0, 0.1) is 6.92 Å². The summed E-state index contributed by atoms with van der Waals surface area (Å²) >= 11 is 1.69. The SMILES string of the molecule is CCCNC1CCCN(CCc2nc(C)cs2)C1=O. The normalized spacial score (nSPS) is 20.0. The van der Waals surface area contributed by atoms with E-state index in [2.05, 4.69) is 22.6 Å². The van der Waals surface area contributed by atoms with Gasteiger partial charge in [-0.2, -0.15) is 0 Å². The maximum absolute atomic E-state index is 12.3. The Hall–Kier alpha value is -0.940. The van der Waals surface area contributed by atoms with E-state index in [1.165, 1.54) is 0 Å². The Kier molecular flexibility index (Phi) is 5.34. The summed E-state index contributed by atoms with van der Waals surface area (Å²) in [6.07, 6.45) is 4.03. The van der Waals surface area contributed by atoms with Crippen LogP contribution in [-0.4, -0.2) is 41.5 Å². The summed E-state index contributed by atoms with van der Waals surface area (Å²) < 4.78 is 0. The minimum Gasteiger partial charge on any atom is -0.341 e. The minimum atomic E-state index is 0.0340. The Morgan fingerprint density at radius 3 is 3.11 bits per heavy atom. The number of thiazole rings is 1. The zero-order valence-electron chi connectivity index (χ0n) is 11.8. The molecule has 1 fully saturated rings. The van der Waals surface area contributed by atoms with Gasteiger partial charge in [0.25, 0.3) is 0 Å². The van der Waals surface area contributed by atoms with E-state index in [9.17, 15) is 4.79 Å². The number of amides is 1. The molecule has 1 aliphatic rings. The van der Waals surface area contributed by atoms with Crippen molar-refractivity contribution in [3.8, 4) is 0 Å². The van der Waals surface area contributed by atoms with Crippen molar-refractivity contribution in [2.24, 2.45) is 0 Å². The number of nitrogens with one attached hydrogen (secondary N) is 1. The lowest BCUT2D eigenvalue weighted by molar-refractivity contribution is -0.135. The topological polar surface area (TPSA) is 45.2 Å². The van der Waals surface area contributed by atoms with E-state index in [-0.39, 0.29) is 11.9 Å². The fraction of sp³-hybridized carbons (Fsp3) is 0.714. The third-order valence-corrected chi connectivity index (χ3v) is 4.46. The van der Waals surface area contributed by atoms with Crippen molar-refractivity contribution in [3.63, 3.8) is 0 Å². The fourth-order valence-electron chi connectivity index (χ4n) is 2.42. The molecule has 1 amide bonds. The number of piperidine rings is 1. The van der Waals surface area contributed by atoms with E-state index in [1.807, 2.05) is 11.8 Å². The number of aryl methyl sites for hydroxylation is 1. The third kappa shape index (κ3) is 4.01. The number of nitrogens with zero attached hydrogens (tertiary/aromatic N) is 2. The molecule has 1 saturated heterocycles. The summed E-state index contributed by atoms with van der Waals surface area (Å²) in [5.41, 5.74) is 1.08. The van der Waals surface area contributed by atoms with Gasteiger partial charge in [0.2, 0.25) is 5.91 Å². The van der Waals surface area contributed by atoms with Crippen LogP contribution < -0.4 is 5.32 Å². The molecular formula is C14H23N3OS. The van der Waals surface area contributed by atoms with E-state index in [0.717, 1.165) is 56.0 Å². The van der Waals surface area contributed by atoms with Crippen molar-refractivity contribution < 1.29 is 4.79 Å². The molecule has 1 aromatic rings. The maximum atomic E-state index is 12.3. The zero-order chi connectivity index (χ0) is 13.7. The molecule has 1 aliphatic heterocycles. The molecule has 0 saturated carbocycles. The Morgan fingerprint density at radius 2 is 2.42 bits per heavy atom. The van der Waals surface area contributed by atoms with Crippen LogP contribution in [0.2, 0.25) is 0 Å². The van der Waals surface area contributed by atoms with Gasteiger partial charge in [-0.05, 0) is 32.7 Å². The van der Waals surface area contributed by atoms with E-state index in [1.54, 1.807) is 11.3 Å². The smallest absolute Gasteiger partial charge is 0.239 e. The number of carbonyl (C=O) groups is 1. The summed E-state index contributed by atoms with van der Waals surface area (Å²) in [5, 5.41) is 6.55. The summed E-state index contributed by atoms with van der Waals surface area (Å²) in [4.78, 5) is 18.8. The monoisotopic (exact) mass is 281 g/mol. The Morgan fingerprint density at radius 1 is 1.58 bits per heavy atom. The Balaban J connectivity index is 1.83. The third-order valence-electron chi connectivity index (χ3n) is 3.43.